The van der Waals surface area contributed by atoms with Crippen LogP contribution in [0.5, 0.6) is 0 Å². The first kappa shape index (κ1) is 20.1. The van der Waals surface area contributed by atoms with E-state index in [1.807, 2.05) is 0 Å². The quantitative estimate of drug-likeness (QED) is 0.490. The molecule has 8 heteroatoms. The van der Waals surface area contributed by atoms with Crippen LogP contribution >= 0.6 is 15.9 Å². The predicted molar refractivity (Wildman–Crippen MR) is 111 cm³/mol. The number of rotatable bonds is 4. The number of nitrogens with zero attached hydrogens (tertiary/aromatic N) is 2. The lowest BCUT2D eigenvalue weighted by molar-refractivity contribution is -0.172. The normalized spacial score (nSPS) is 34.8. The number of alkyl halides is 1. The highest BCUT2D eigenvalue weighted by atomic mass is 79.9. The summed E-state index contributed by atoms with van der Waals surface area (Å²) in [5.41, 5.74) is -0.415. The van der Waals surface area contributed by atoms with Crippen molar-refractivity contribution >= 4 is 33.7 Å². The first-order valence-electron chi connectivity index (χ1n) is 10.8. The second-order valence-corrected chi connectivity index (χ2v) is 11.3. The molecular weight excluding hydrogens is 452 g/mol. The molecule has 162 valence electrons. The van der Waals surface area contributed by atoms with Crippen molar-refractivity contribution < 1.29 is 23.5 Å². The highest BCUT2D eigenvalue weighted by Crippen LogP contribution is 2.64. The molecule has 0 aromatic carbocycles. The molecule has 4 aliphatic carbocycles. The molecule has 4 bridgehead atoms. The monoisotopic (exact) mass is 478 g/mol. The molecule has 30 heavy (non-hydrogen) atoms. The fourth-order valence-electron chi connectivity index (χ4n) is 6.48. The molecule has 7 nitrogen and oxygen atoms in total. The Morgan fingerprint density at radius 1 is 1.07 bits per heavy atom. The molecule has 5 aliphatic rings. The van der Waals surface area contributed by atoms with Gasteiger partial charge in [0.15, 0.2) is 12.4 Å². The Hall–Kier alpha value is -1.83. The molecule has 1 aromatic heterocycles. The fourth-order valence-corrected chi connectivity index (χ4v) is 7.93. The van der Waals surface area contributed by atoms with E-state index in [1.165, 1.54) is 12.7 Å². The summed E-state index contributed by atoms with van der Waals surface area (Å²) in [5.74, 6) is 0.947. The minimum Gasteiger partial charge on any atom is -0.459 e. The Labute approximate surface area is 184 Å². The van der Waals surface area contributed by atoms with Crippen molar-refractivity contribution in [1.29, 1.82) is 0 Å². The summed E-state index contributed by atoms with van der Waals surface area (Å²) in [6, 6.07) is 3.32. The molecule has 1 aliphatic heterocycles. The summed E-state index contributed by atoms with van der Waals surface area (Å²) in [7, 11) is 0. The van der Waals surface area contributed by atoms with Crippen LogP contribution < -0.4 is 0 Å². The number of carbonyl (C=O) groups is 3. The summed E-state index contributed by atoms with van der Waals surface area (Å²) >= 11 is 3.91. The second-order valence-electron chi connectivity index (χ2n) is 9.62. The lowest BCUT2D eigenvalue weighted by Gasteiger charge is -2.58. The lowest BCUT2D eigenvalue weighted by Crippen LogP contribution is -2.56. The third-order valence-corrected chi connectivity index (χ3v) is 8.33. The number of ether oxygens (including phenoxy) is 1. The van der Waals surface area contributed by atoms with Gasteiger partial charge in [0.05, 0.1) is 11.7 Å². The molecule has 2 atom stereocenters. The van der Waals surface area contributed by atoms with Gasteiger partial charge in [-0.3, -0.25) is 14.4 Å². The van der Waals surface area contributed by atoms with Crippen LogP contribution in [-0.4, -0.2) is 64.7 Å². The van der Waals surface area contributed by atoms with Crippen LogP contribution in [0.4, 0.5) is 0 Å². The van der Waals surface area contributed by atoms with Crippen LogP contribution in [0.25, 0.3) is 0 Å². The highest BCUT2D eigenvalue weighted by Gasteiger charge is 2.60. The van der Waals surface area contributed by atoms with Gasteiger partial charge in [-0.25, -0.2) is 0 Å². The Balaban J connectivity index is 1.13. The lowest BCUT2D eigenvalue weighted by atomic mass is 9.49. The van der Waals surface area contributed by atoms with E-state index in [4.69, 9.17) is 9.15 Å². The molecule has 0 spiro atoms. The van der Waals surface area contributed by atoms with E-state index in [0.29, 0.717) is 43.8 Å². The maximum Gasteiger partial charge on any atom is 0.312 e. The van der Waals surface area contributed by atoms with E-state index in [-0.39, 0.29) is 28.7 Å². The predicted octanol–water partition coefficient (Wildman–Crippen LogP) is 2.84. The Morgan fingerprint density at radius 2 is 1.73 bits per heavy atom. The SMILES string of the molecule is O=C(COC(=O)C12C[C@H]3C[C@@H](CC(Br)(C3)C1)C2)N1CCN(C(=O)c2ccco2)CC1. The van der Waals surface area contributed by atoms with Crippen LogP contribution in [0.1, 0.15) is 49.1 Å². The number of furan rings is 1. The highest BCUT2D eigenvalue weighted by molar-refractivity contribution is 9.10. The van der Waals surface area contributed by atoms with Crippen molar-refractivity contribution in [3.8, 4) is 0 Å². The minimum absolute atomic E-state index is 0.0803. The van der Waals surface area contributed by atoms with Crippen molar-refractivity contribution in [2.45, 2.75) is 42.8 Å². The summed E-state index contributed by atoms with van der Waals surface area (Å²) in [6.45, 7) is 1.54. The fraction of sp³-hybridized carbons (Fsp3) is 0.682. The molecule has 0 radical (unpaired) electrons. The van der Waals surface area contributed by atoms with Gasteiger partial charge in [-0.05, 0) is 62.5 Å². The van der Waals surface area contributed by atoms with Crippen LogP contribution in [-0.2, 0) is 14.3 Å². The van der Waals surface area contributed by atoms with Gasteiger partial charge in [0, 0.05) is 30.5 Å². The van der Waals surface area contributed by atoms with Crippen LogP contribution in [0.3, 0.4) is 0 Å². The number of hydrogen-bond acceptors (Lipinski definition) is 5. The van der Waals surface area contributed by atoms with Gasteiger partial charge in [-0.1, -0.05) is 15.9 Å². The zero-order chi connectivity index (χ0) is 20.9. The van der Waals surface area contributed by atoms with Gasteiger partial charge >= 0.3 is 5.97 Å². The molecule has 2 heterocycles. The minimum atomic E-state index is -0.415. The van der Waals surface area contributed by atoms with Gasteiger partial charge in [0.25, 0.3) is 11.8 Å². The standard InChI is InChI=1S/C22H27BrN2O5/c23-22-11-15-8-16(12-22)10-21(9-15,14-22)20(28)30-13-18(26)24-3-5-25(6-4-24)19(27)17-2-1-7-29-17/h1-2,7,15-16H,3-6,8-14H2/t15-,16-,21?,22?/m1/s1. The van der Waals surface area contributed by atoms with Crippen molar-refractivity contribution in [3.05, 3.63) is 24.2 Å². The molecule has 4 saturated carbocycles. The Kier molecular flexibility index (Phi) is 4.95. The van der Waals surface area contributed by atoms with Gasteiger partial charge in [-0.15, -0.1) is 0 Å². The van der Waals surface area contributed by atoms with Gasteiger partial charge in [0.2, 0.25) is 0 Å². The average Bonchev–Trinajstić information content (AvgIpc) is 3.24. The van der Waals surface area contributed by atoms with Gasteiger partial charge in [-0.2, -0.15) is 0 Å². The number of hydrogen-bond donors (Lipinski definition) is 0. The van der Waals surface area contributed by atoms with E-state index in [0.717, 1.165) is 32.1 Å². The van der Waals surface area contributed by atoms with Crippen molar-refractivity contribution in [1.82, 2.24) is 9.80 Å². The Bertz CT molecular complexity index is 832. The topological polar surface area (TPSA) is 80.1 Å². The molecule has 1 saturated heterocycles. The second kappa shape index (κ2) is 7.39. The van der Waals surface area contributed by atoms with E-state index >= 15 is 0 Å². The van der Waals surface area contributed by atoms with Gasteiger partial charge in [0.1, 0.15) is 0 Å². The zero-order valence-corrected chi connectivity index (χ0v) is 18.6. The molecule has 0 unspecified atom stereocenters. The molecule has 1 aromatic rings. The molecule has 5 fully saturated rings. The van der Waals surface area contributed by atoms with Gasteiger partial charge < -0.3 is 19.0 Å². The molecule has 6 rings (SSSR count). The number of piperazine rings is 1. The summed E-state index contributed by atoms with van der Waals surface area (Å²) in [5, 5.41) is 0. The first-order chi connectivity index (χ1) is 14.4. The van der Waals surface area contributed by atoms with E-state index in [2.05, 4.69) is 15.9 Å². The number of amides is 2. The summed E-state index contributed by atoms with van der Waals surface area (Å²) < 4.78 is 10.8. The molecule has 2 amide bonds. The average molecular weight is 479 g/mol. The smallest absolute Gasteiger partial charge is 0.312 e. The van der Waals surface area contributed by atoms with E-state index in [1.54, 1.807) is 21.9 Å². The number of esters is 1. The third kappa shape index (κ3) is 3.57. The third-order valence-electron chi connectivity index (χ3n) is 7.40. The van der Waals surface area contributed by atoms with E-state index in [9.17, 15) is 14.4 Å². The molecular formula is C22H27BrN2O5. The number of carbonyl (C=O) groups excluding carboxylic acids is 3. The van der Waals surface area contributed by atoms with Crippen LogP contribution in [0, 0.1) is 17.3 Å². The first-order valence-corrected chi connectivity index (χ1v) is 11.6. The van der Waals surface area contributed by atoms with Crippen molar-refractivity contribution in [3.63, 3.8) is 0 Å². The summed E-state index contributed by atoms with van der Waals surface area (Å²) in [6.07, 6.45) is 7.63. The largest absolute Gasteiger partial charge is 0.459 e. The summed E-state index contributed by atoms with van der Waals surface area (Å²) in [4.78, 5) is 41.3. The Morgan fingerprint density at radius 3 is 2.33 bits per heavy atom. The van der Waals surface area contributed by atoms with Crippen LogP contribution in [0.2, 0.25) is 0 Å². The van der Waals surface area contributed by atoms with Crippen LogP contribution in [0.15, 0.2) is 22.8 Å². The number of halogens is 1. The molecule has 0 N–H and O–H groups in total. The van der Waals surface area contributed by atoms with E-state index < -0.39 is 5.41 Å². The maximum atomic E-state index is 13.0. The zero-order valence-electron chi connectivity index (χ0n) is 17.0. The van der Waals surface area contributed by atoms with Crippen molar-refractivity contribution in [2.24, 2.45) is 17.3 Å². The van der Waals surface area contributed by atoms with Crippen molar-refractivity contribution in [2.75, 3.05) is 32.8 Å². The maximum absolute atomic E-state index is 13.0.